The molecule has 2 rings (SSSR count). The maximum atomic E-state index is 11.6. The summed E-state index contributed by atoms with van der Waals surface area (Å²) in [6.07, 6.45) is 2.40. The first-order valence-electron chi connectivity index (χ1n) is 7.17. The maximum absolute atomic E-state index is 11.6. The van der Waals surface area contributed by atoms with E-state index in [-0.39, 0.29) is 6.42 Å². The van der Waals surface area contributed by atoms with E-state index in [1.807, 2.05) is 35.7 Å². The number of hydrogen-bond acceptors (Lipinski definition) is 5. The van der Waals surface area contributed by atoms with Gasteiger partial charge >= 0.3 is 0 Å². The maximum Gasteiger partial charge on any atom is 0.261 e. The molecule has 1 aromatic carbocycles. The Morgan fingerprint density at radius 1 is 1.26 bits per heavy atom. The summed E-state index contributed by atoms with van der Waals surface area (Å²) in [4.78, 5) is 12.6. The number of hydroxylamine groups is 1. The third kappa shape index (κ3) is 4.89. The van der Waals surface area contributed by atoms with Crippen molar-refractivity contribution in [3.8, 4) is 10.4 Å². The van der Waals surface area contributed by atoms with Gasteiger partial charge in [-0.25, -0.2) is 13.9 Å². The first kappa shape index (κ1) is 17.7. The number of amides is 1. The standard InChI is InChI=1S/C16H19NO4S2/c1-23(20,21)15(16(18)17-19)6-2-4-12-7-9-13(10-8-12)14-5-3-11-22-14/h3,5,7-11,15,19H,2,4,6H2,1H3,(H,17,18). The van der Waals surface area contributed by atoms with Crippen molar-refractivity contribution in [1.29, 1.82) is 0 Å². The predicted octanol–water partition coefficient (Wildman–Crippen LogP) is 2.66. The first-order chi connectivity index (χ1) is 10.9. The van der Waals surface area contributed by atoms with Gasteiger partial charge in [0.15, 0.2) is 9.84 Å². The van der Waals surface area contributed by atoms with Gasteiger partial charge < -0.3 is 0 Å². The molecule has 1 amide bonds. The smallest absolute Gasteiger partial charge is 0.261 e. The third-order valence-electron chi connectivity index (χ3n) is 3.61. The zero-order valence-electron chi connectivity index (χ0n) is 12.7. The highest BCUT2D eigenvalue weighted by molar-refractivity contribution is 7.92. The van der Waals surface area contributed by atoms with E-state index < -0.39 is 21.0 Å². The van der Waals surface area contributed by atoms with E-state index in [0.717, 1.165) is 17.4 Å². The summed E-state index contributed by atoms with van der Waals surface area (Å²) in [5, 5.41) is 9.46. The van der Waals surface area contributed by atoms with Gasteiger partial charge in [-0.05, 0) is 41.8 Å². The van der Waals surface area contributed by atoms with Crippen molar-refractivity contribution in [3.63, 3.8) is 0 Å². The van der Waals surface area contributed by atoms with E-state index in [1.165, 1.54) is 10.4 Å². The highest BCUT2D eigenvalue weighted by Crippen LogP contribution is 2.25. The van der Waals surface area contributed by atoms with E-state index in [0.29, 0.717) is 12.8 Å². The second kappa shape index (κ2) is 7.72. The highest BCUT2D eigenvalue weighted by atomic mass is 32.2. The van der Waals surface area contributed by atoms with Gasteiger partial charge in [0.25, 0.3) is 5.91 Å². The van der Waals surface area contributed by atoms with Crippen LogP contribution in [0.3, 0.4) is 0 Å². The Hall–Kier alpha value is -1.70. The van der Waals surface area contributed by atoms with Crippen LogP contribution < -0.4 is 5.48 Å². The lowest BCUT2D eigenvalue weighted by Crippen LogP contribution is -2.37. The van der Waals surface area contributed by atoms with Crippen LogP contribution in [-0.4, -0.2) is 31.0 Å². The summed E-state index contributed by atoms with van der Waals surface area (Å²) in [7, 11) is -3.54. The molecule has 0 aliphatic rings. The Labute approximate surface area is 139 Å². The fraction of sp³-hybridized carbons (Fsp3) is 0.312. The van der Waals surface area contributed by atoms with Gasteiger partial charge in [-0.15, -0.1) is 11.3 Å². The van der Waals surface area contributed by atoms with Crippen molar-refractivity contribution >= 4 is 27.1 Å². The molecule has 2 N–H and O–H groups in total. The van der Waals surface area contributed by atoms with Gasteiger partial charge in [0, 0.05) is 11.1 Å². The third-order valence-corrected chi connectivity index (χ3v) is 6.01. The summed E-state index contributed by atoms with van der Waals surface area (Å²) in [5.74, 6) is -0.874. The number of carbonyl (C=O) groups is 1. The number of aryl methyl sites for hydroxylation is 1. The van der Waals surface area contributed by atoms with Gasteiger partial charge in [-0.3, -0.25) is 10.0 Å². The molecule has 7 heteroatoms. The van der Waals surface area contributed by atoms with Gasteiger partial charge in [0.1, 0.15) is 5.25 Å². The number of nitrogens with one attached hydrogen (secondary N) is 1. The molecule has 1 aromatic heterocycles. The van der Waals surface area contributed by atoms with Crippen LogP contribution in [0.1, 0.15) is 18.4 Å². The molecule has 1 atom stereocenters. The number of thiophene rings is 1. The molecule has 1 unspecified atom stereocenters. The number of hydrogen-bond donors (Lipinski definition) is 2. The summed E-state index contributed by atoms with van der Waals surface area (Å²) in [6.45, 7) is 0. The van der Waals surface area contributed by atoms with E-state index in [4.69, 9.17) is 5.21 Å². The molecule has 0 radical (unpaired) electrons. The minimum atomic E-state index is -3.54. The molecule has 2 aromatic rings. The van der Waals surface area contributed by atoms with Crippen LogP contribution in [0, 0.1) is 0 Å². The fourth-order valence-electron chi connectivity index (χ4n) is 2.38. The molecule has 0 saturated carbocycles. The molecule has 0 bridgehead atoms. The topological polar surface area (TPSA) is 83.5 Å². The zero-order chi connectivity index (χ0) is 16.9. The molecule has 23 heavy (non-hydrogen) atoms. The summed E-state index contributed by atoms with van der Waals surface area (Å²) in [5.41, 5.74) is 3.66. The molecular weight excluding hydrogens is 334 g/mol. The second-order valence-electron chi connectivity index (χ2n) is 5.36. The summed E-state index contributed by atoms with van der Waals surface area (Å²) in [6, 6.07) is 12.2. The molecule has 0 aliphatic carbocycles. The molecule has 5 nitrogen and oxygen atoms in total. The summed E-state index contributed by atoms with van der Waals surface area (Å²) >= 11 is 1.68. The Balaban J connectivity index is 1.94. The number of carbonyl (C=O) groups excluding carboxylic acids is 1. The average molecular weight is 353 g/mol. The first-order valence-corrected chi connectivity index (χ1v) is 10.0. The number of rotatable bonds is 7. The van der Waals surface area contributed by atoms with Crippen LogP contribution in [0.15, 0.2) is 41.8 Å². The Kier molecular flexibility index (Phi) is 5.92. The molecule has 0 saturated heterocycles. The molecule has 124 valence electrons. The minimum Gasteiger partial charge on any atom is -0.289 e. The SMILES string of the molecule is CS(=O)(=O)C(CCCc1ccc(-c2cccs2)cc1)C(=O)NO. The van der Waals surface area contributed by atoms with Crippen LogP contribution in [0.2, 0.25) is 0 Å². The Morgan fingerprint density at radius 3 is 2.48 bits per heavy atom. The number of benzene rings is 1. The minimum absolute atomic E-state index is 0.178. The highest BCUT2D eigenvalue weighted by Gasteiger charge is 2.27. The van der Waals surface area contributed by atoms with Crippen molar-refractivity contribution in [2.24, 2.45) is 0 Å². The molecule has 0 spiro atoms. The van der Waals surface area contributed by atoms with Crippen LogP contribution in [0.25, 0.3) is 10.4 Å². The summed E-state index contributed by atoms with van der Waals surface area (Å²) < 4.78 is 23.2. The van der Waals surface area contributed by atoms with Gasteiger partial charge in [-0.2, -0.15) is 0 Å². The number of sulfone groups is 1. The van der Waals surface area contributed by atoms with Gasteiger partial charge in [0.05, 0.1) is 0 Å². The van der Waals surface area contributed by atoms with E-state index in [2.05, 4.69) is 6.07 Å². The van der Waals surface area contributed by atoms with Crippen LogP contribution in [0.4, 0.5) is 0 Å². The van der Waals surface area contributed by atoms with Gasteiger partial charge in [-0.1, -0.05) is 30.3 Å². The normalized spacial score (nSPS) is 12.8. The molecule has 0 fully saturated rings. The van der Waals surface area contributed by atoms with Crippen molar-refractivity contribution in [2.75, 3.05) is 6.26 Å². The predicted molar refractivity (Wildman–Crippen MR) is 91.3 cm³/mol. The van der Waals surface area contributed by atoms with Crippen molar-refractivity contribution in [2.45, 2.75) is 24.5 Å². The molecule has 0 aliphatic heterocycles. The lowest BCUT2D eigenvalue weighted by molar-refractivity contribution is -0.128. The van der Waals surface area contributed by atoms with E-state index in [1.54, 1.807) is 11.3 Å². The second-order valence-corrected chi connectivity index (χ2v) is 8.54. The molecular formula is C16H19NO4S2. The van der Waals surface area contributed by atoms with E-state index in [9.17, 15) is 13.2 Å². The molecule has 1 heterocycles. The van der Waals surface area contributed by atoms with Crippen LogP contribution >= 0.6 is 11.3 Å². The monoisotopic (exact) mass is 353 g/mol. The lowest BCUT2D eigenvalue weighted by Gasteiger charge is -2.12. The largest absolute Gasteiger partial charge is 0.289 e. The van der Waals surface area contributed by atoms with Crippen molar-refractivity contribution < 1.29 is 18.4 Å². The Morgan fingerprint density at radius 2 is 1.96 bits per heavy atom. The fourth-order valence-corrected chi connectivity index (χ4v) is 4.15. The zero-order valence-corrected chi connectivity index (χ0v) is 14.4. The van der Waals surface area contributed by atoms with Crippen molar-refractivity contribution in [3.05, 3.63) is 47.3 Å². The van der Waals surface area contributed by atoms with Crippen LogP contribution in [0.5, 0.6) is 0 Å². The quantitative estimate of drug-likeness (QED) is 0.592. The van der Waals surface area contributed by atoms with E-state index >= 15 is 0 Å². The van der Waals surface area contributed by atoms with Crippen LogP contribution in [-0.2, 0) is 21.1 Å². The lowest BCUT2D eigenvalue weighted by atomic mass is 10.0. The average Bonchev–Trinajstić information content (AvgIpc) is 3.04. The van der Waals surface area contributed by atoms with Gasteiger partial charge in [0.2, 0.25) is 0 Å². The van der Waals surface area contributed by atoms with Crippen molar-refractivity contribution in [1.82, 2.24) is 5.48 Å². The Bertz CT molecular complexity index is 737.